The molecule has 1 heterocycles. The van der Waals surface area contributed by atoms with Gasteiger partial charge in [0.15, 0.2) is 0 Å². The molecule has 0 spiro atoms. The fourth-order valence-electron chi connectivity index (χ4n) is 5.79. The number of carbonyl (C=O) groups is 1. The summed E-state index contributed by atoms with van der Waals surface area (Å²) in [4.78, 5) is 18.1. The molecule has 0 unspecified atom stereocenters. The molecule has 2 aliphatic rings. The Morgan fingerprint density at radius 3 is 2.29 bits per heavy atom. The molecule has 1 aliphatic heterocycles. The number of nitrogens with zero attached hydrogens (tertiary/aromatic N) is 2. The summed E-state index contributed by atoms with van der Waals surface area (Å²) in [5.41, 5.74) is 3.96. The summed E-state index contributed by atoms with van der Waals surface area (Å²) in [7, 11) is 0. The lowest BCUT2D eigenvalue weighted by Crippen LogP contribution is -2.56. The van der Waals surface area contributed by atoms with Crippen molar-refractivity contribution in [2.75, 3.05) is 36.4 Å². The van der Waals surface area contributed by atoms with Crippen LogP contribution in [0.2, 0.25) is 5.02 Å². The summed E-state index contributed by atoms with van der Waals surface area (Å²) in [6, 6.07) is 26.4. The summed E-state index contributed by atoms with van der Waals surface area (Å²) >= 11 is 6.26. The van der Waals surface area contributed by atoms with Crippen molar-refractivity contribution < 1.29 is 4.79 Å². The van der Waals surface area contributed by atoms with Crippen molar-refractivity contribution in [2.45, 2.75) is 38.1 Å². The van der Waals surface area contributed by atoms with E-state index in [0.29, 0.717) is 10.6 Å². The van der Waals surface area contributed by atoms with Crippen LogP contribution >= 0.6 is 11.6 Å². The molecule has 35 heavy (non-hydrogen) atoms. The summed E-state index contributed by atoms with van der Waals surface area (Å²) in [6.45, 7) is 6.52. The lowest BCUT2D eigenvalue weighted by Gasteiger charge is -2.51. The number of hydrogen-bond donors (Lipinski definition) is 1. The van der Waals surface area contributed by atoms with Gasteiger partial charge in [0.2, 0.25) is 0 Å². The minimum atomic E-state index is -0.171. The molecule has 0 bridgehead atoms. The monoisotopic (exact) mass is 487 g/mol. The number of nitrogens with one attached hydrogen (secondary N) is 1. The first-order chi connectivity index (χ1) is 17.0. The average Bonchev–Trinajstić information content (AvgIpc) is 2.90. The summed E-state index contributed by atoms with van der Waals surface area (Å²) in [5, 5.41) is 3.55. The molecule has 4 nitrogen and oxygen atoms in total. The quantitative estimate of drug-likeness (QED) is 0.429. The van der Waals surface area contributed by atoms with Gasteiger partial charge in [-0.1, -0.05) is 61.0 Å². The second-order valence-electron chi connectivity index (χ2n) is 10.0. The Hall–Kier alpha value is -2.82. The topological polar surface area (TPSA) is 35.6 Å². The molecular weight excluding hydrogens is 454 g/mol. The normalized spacial score (nSPS) is 23.1. The predicted molar refractivity (Wildman–Crippen MR) is 145 cm³/mol. The Labute approximate surface area is 213 Å². The third kappa shape index (κ3) is 5.10. The summed E-state index contributed by atoms with van der Waals surface area (Å²) in [5.74, 6) is 0.590. The van der Waals surface area contributed by atoms with E-state index in [2.05, 4.69) is 70.6 Å². The van der Waals surface area contributed by atoms with Crippen molar-refractivity contribution in [2.24, 2.45) is 5.92 Å². The van der Waals surface area contributed by atoms with Crippen LogP contribution in [-0.4, -0.2) is 37.0 Å². The van der Waals surface area contributed by atoms with Crippen molar-refractivity contribution in [3.05, 3.63) is 95.0 Å². The van der Waals surface area contributed by atoms with Gasteiger partial charge in [-0.3, -0.25) is 9.69 Å². The van der Waals surface area contributed by atoms with E-state index < -0.39 is 0 Å². The molecule has 1 saturated carbocycles. The third-order valence-corrected chi connectivity index (χ3v) is 8.21. The van der Waals surface area contributed by atoms with E-state index in [-0.39, 0.29) is 11.4 Å². The maximum Gasteiger partial charge on any atom is 0.257 e. The number of rotatable bonds is 5. The molecule has 2 fully saturated rings. The van der Waals surface area contributed by atoms with Crippen molar-refractivity contribution >= 4 is 28.9 Å². The van der Waals surface area contributed by atoms with Crippen LogP contribution in [0, 0.1) is 5.92 Å². The molecule has 1 aliphatic carbocycles. The number of hydrogen-bond acceptors (Lipinski definition) is 3. The Kier molecular flexibility index (Phi) is 7.12. The van der Waals surface area contributed by atoms with Gasteiger partial charge in [-0.05, 0) is 73.6 Å². The van der Waals surface area contributed by atoms with Crippen molar-refractivity contribution in [1.82, 2.24) is 4.90 Å². The third-order valence-electron chi connectivity index (χ3n) is 7.88. The number of para-hydroxylation sites is 1. The van der Waals surface area contributed by atoms with Gasteiger partial charge in [0.1, 0.15) is 0 Å². The molecule has 3 aromatic carbocycles. The van der Waals surface area contributed by atoms with Crippen LogP contribution in [0.4, 0.5) is 11.4 Å². The fourth-order valence-corrected chi connectivity index (χ4v) is 6.01. The van der Waals surface area contributed by atoms with E-state index in [1.807, 2.05) is 18.2 Å². The van der Waals surface area contributed by atoms with E-state index in [4.69, 9.17) is 11.6 Å². The fraction of sp³-hybridized carbons (Fsp3) is 0.367. The van der Waals surface area contributed by atoms with Crippen LogP contribution in [0.5, 0.6) is 0 Å². The Morgan fingerprint density at radius 1 is 0.886 bits per heavy atom. The molecule has 0 atom stereocenters. The molecule has 0 radical (unpaired) electrons. The van der Waals surface area contributed by atoms with Crippen LogP contribution in [0.15, 0.2) is 78.9 Å². The van der Waals surface area contributed by atoms with Crippen molar-refractivity contribution in [3.8, 4) is 0 Å². The predicted octanol–water partition coefficient (Wildman–Crippen LogP) is 6.82. The highest BCUT2D eigenvalue weighted by Crippen LogP contribution is 2.45. The number of anilines is 2. The number of piperazine rings is 1. The van der Waals surface area contributed by atoms with Crippen molar-refractivity contribution in [3.63, 3.8) is 0 Å². The van der Waals surface area contributed by atoms with Gasteiger partial charge in [0.05, 0.1) is 10.6 Å². The van der Waals surface area contributed by atoms with E-state index in [0.717, 1.165) is 50.6 Å². The Balaban J connectivity index is 1.38. The SMILES string of the molecule is CC1CCC(c2cccc(NC(=O)c3ccccc3Cl)c2)(N2CCN(c3ccccc3)CC2)CC1. The summed E-state index contributed by atoms with van der Waals surface area (Å²) < 4.78 is 0. The molecule has 182 valence electrons. The summed E-state index contributed by atoms with van der Waals surface area (Å²) in [6.07, 6.45) is 4.77. The zero-order chi connectivity index (χ0) is 24.3. The van der Waals surface area contributed by atoms with Crippen LogP contribution in [-0.2, 0) is 5.54 Å². The molecule has 0 aromatic heterocycles. The molecule has 1 N–H and O–H groups in total. The van der Waals surface area contributed by atoms with Gasteiger partial charge in [-0.25, -0.2) is 0 Å². The maximum absolute atomic E-state index is 12.9. The number of benzene rings is 3. The van der Waals surface area contributed by atoms with E-state index in [1.54, 1.807) is 12.1 Å². The minimum Gasteiger partial charge on any atom is -0.369 e. The molecule has 5 heteroatoms. The van der Waals surface area contributed by atoms with E-state index in [9.17, 15) is 4.79 Å². The number of amides is 1. The number of carbonyl (C=O) groups excluding carboxylic acids is 1. The largest absolute Gasteiger partial charge is 0.369 e. The Bertz CT molecular complexity index is 1150. The first kappa shape index (κ1) is 23.9. The van der Waals surface area contributed by atoms with E-state index >= 15 is 0 Å². The van der Waals surface area contributed by atoms with Crippen molar-refractivity contribution in [1.29, 1.82) is 0 Å². The van der Waals surface area contributed by atoms with Gasteiger partial charge >= 0.3 is 0 Å². The van der Waals surface area contributed by atoms with Gasteiger partial charge < -0.3 is 10.2 Å². The lowest BCUT2D eigenvalue weighted by molar-refractivity contribution is 0.0299. The van der Waals surface area contributed by atoms with Gasteiger partial charge in [0, 0.05) is 43.1 Å². The van der Waals surface area contributed by atoms with Crippen LogP contribution in [0.3, 0.4) is 0 Å². The van der Waals surface area contributed by atoms with Crippen LogP contribution in [0.1, 0.15) is 48.5 Å². The van der Waals surface area contributed by atoms with Gasteiger partial charge in [0.25, 0.3) is 5.91 Å². The Morgan fingerprint density at radius 2 is 1.57 bits per heavy atom. The standard InChI is InChI=1S/C30H34ClN3O/c1-23-14-16-30(17-15-23,34-20-18-33(19-21-34)26-10-3-2-4-11-26)24-8-7-9-25(22-24)32-29(35)27-12-5-6-13-28(27)31/h2-13,22-23H,14-21H2,1H3,(H,32,35). The highest BCUT2D eigenvalue weighted by molar-refractivity contribution is 6.34. The highest BCUT2D eigenvalue weighted by atomic mass is 35.5. The first-order valence-electron chi connectivity index (χ1n) is 12.8. The van der Waals surface area contributed by atoms with Crippen LogP contribution in [0.25, 0.3) is 0 Å². The van der Waals surface area contributed by atoms with E-state index in [1.165, 1.54) is 24.1 Å². The second kappa shape index (κ2) is 10.4. The number of halogens is 1. The first-order valence-corrected chi connectivity index (χ1v) is 13.1. The van der Waals surface area contributed by atoms with Crippen LogP contribution < -0.4 is 10.2 Å². The van der Waals surface area contributed by atoms with Gasteiger partial charge in [-0.15, -0.1) is 0 Å². The maximum atomic E-state index is 12.9. The molecule has 1 amide bonds. The average molecular weight is 488 g/mol. The van der Waals surface area contributed by atoms with Gasteiger partial charge in [-0.2, -0.15) is 0 Å². The second-order valence-corrected chi connectivity index (χ2v) is 10.4. The zero-order valence-electron chi connectivity index (χ0n) is 20.4. The molecule has 1 saturated heterocycles. The smallest absolute Gasteiger partial charge is 0.257 e. The molecular formula is C30H34ClN3O. The zero-order valence-corrected chi connectivity index (χ0v) is 21.2. The molecule has 5 rings (SSSR count). The molecule has 3 aromatic rings. The minimum absolute atomic E-state index is 0.0143. The lowest BCUT2D eigenvalue weighted by atomic mass is 9.71. The highest BCUT2D eigenvalue weighted by Gasteiger charge is 2.42.